The Kier molecular flexibility index (Phi) is 6.06. The molecule has 0 bridgehead atoms. The van der Waals surface area contributed by atoms with E-state index in [0.29, 0.717) is 5.56 Å². The molecule has 1 atom stereocenters. The number of carbonyl (C=O) groups excluding carboxylic acids is 2. The molecule has 0 saturated carbocycles. The summed E-state index contributed by atoms with van der Waals surface area (Å²) in [5, 5.41) is 12.4. The summed E-state index contributed by atoms with van der Waals surface area (Å²) in [5.41, 5.74) is 0.751. The fourth-order valence-electron chi connectivity index (χ4n) is 2.20. The van der Waals surface area contributed by atoms with Crippen LogP contribution in [-0.4, -0.2) is 30.1 Å². The molecule has 0 saturated heterocycles. The van der Waals surface area contributed by atoms with E-state index in [1.807, 2.05) is 0 Å². The van der Waals surface area contributed by atoms with Crippen LogP contribution in [0.25, 0.3) is 0 Å². The summed E-state index contributed by atoms with van der Waals surface area (Å²) in [5.74, 6) is -1.13. The lowest BCUT2D eigenvalue weighted by Crippen LogP contribution is -2.43. The van der Waals surface area contributed by atoms with Crippen molar-refractivity contribution in [3.63, 3.8) is 0 Å². The first-order chi connectivity index (χ1) is 11.4. The second-order valence-electron chi connectivity index (χ2n) is 5.02. The second-order valence-corrected chi connectivity index (χ2v) is 5.83. The van der Waals surface area contributed by atoms with Crippen molar-refractivity contribution in [2.75, 3.05) is 7.11 Å². The van der Waals surface area contributed by atoms with Gasteiger partial charge in [0.25, 0.3) is 5.91 Å². The van der Waals surface area contributed by atoms with E-state index in [9.17, 15) is 14.7 Å². The molecule has 0 aliphatic rings. The van der Waals surface area contributed by atoms with Crippen LogP contribution >= 0.6 is 23.2 Å². The monoisotopic (exact) mass is 367 g/mol. The Morgan fingerprint density at radius 1 is 1.17 bits per heavy atom. The van der Waals surface area contributed by atoms with Crippen molar-refractivity contribution in [2.24, 2.45) is 0 Å². The Labute approximate surface area is 149 Å². The van der Waals surface area contributed by atoms with Crippen LogP contribution in [0.4, 0.5) is 0 Å². The molecular weight excluding hydrogens is 353 g/mol. The summed E-state index contributed by atoms with van der Waals surface area (Å²) in [4.78, 5) is 24.4. The van der Waals surface area contributed by atoms with Gasteiger partial charge in [0.15, 0.2) is 0 Å². The zero-order chi connectivity index (χ0) is 17.7. The van der Waals surface area contributed by atoms with Gasteiger partial charge in [-0.1, -0.05) is 41.4 Å². The molecule has 24 heavy (non-hydrogen) atoms. The van der Waals surface area contributed by atoms with Gasteiger partial charge in [-0.05, 0) is 29.8 Å². The molecule has 0 aliphatic heterocycles. The van der Waals surface area contributed by atoms with E-state index in [-0.39, 0.29) is 27.8 Å². The SMILES string of the molecule is COC(=O)[C@H](Cc1cccc(O)c1)NC(=O)c1c(Cl)cccc1Cl. The van der Waals surface area contributed by atoms with Gasteiger partial charge in [-0.3, -0.25) is 4.79 Å². The Balaban J connectivity index is 2.23. The number of carbonyl (C=O) groups is 2. The lowest BCUT2D eigenvalue weighted by molar-refractivity contribution is -0.142. The number of halogens is 2. The molecule has 2 aromatic rings. The van der Waals surface area contributed by atoms with Crippen molar-refractivity contribution in [3.05, 3.63) is 63.6 Å². The molecule has 126 valence electrons. The normalized spacial score (nSPS) is 11.6. The Bertz CT molecular complexity index is 744. The molecule has 2 rings (SSSR count). The quantitative estimate of drug-likeness (QED) is 0.795. The van der Waals surface area contributed by atoms with E-state index in [1.54, 1.807) is 18.2 Å². The smallest absolute Gasteiger partial charge is 0.328 e. The average Bonchev–Trinajstić information content (AvgIpc) is 2.53. The average molecular weight is 368 g/mol. The highest BCUT2D eigenvalue weighted by atomic mass is 35.5. The first-order valence-corrected chi connectivity index (χ1v) is 7.78. The van der Waals surface area contributed by atoms with Crippen LogP contribution in [0, 0.1) is 0 Å². The molecule has 0 fully saturated rings. The molecule has 0 aliphatic carbocycles. The largest absolute Gasteiger partial charge is 0.508 e. The summed E-state index contributed by atoms with van der Waals surface area (Å²) in [6.07, 6.45) is 0.148. The summed E-state index contributed by atoms with van der Waals surface area (Å²) >= 11 is 12.0. The maximum absolute atomic E-state index is 12.4. The molecule has 0 heterocycles. The van der Waals surface area contributed by atoms with Gasteiger partial charge in [0.1, 0.15) is 11.8 Å². The van der Waals surface area contributed by atoms with Crippen molar-refractivity contribution in [2.45, 2.75) is 12.5 Å². The number of hydrogen-bond acceptors (Lipinski definition) is 4. The molecule has 7 heteroatoms. The zero-order valence-electron chi connectivity index (χ0n) is 12.8. The Morgan fingerprint density at radius 2 is 1.79 bits per heavy atom. The number of aromatic hydroxyl groups is 1. The fourth-order valence-corrected chi connectivity index (χ4v) is 2.77. The molecule has 0 spiro atoms. The van der Waals surface area contributed by atoms with E-state index < -0.39 is 17.9 Å². The predicted molar refractivity (Wildman–Crippen MR) is 91.5 cm³/mol. The Morgan fingerprint density at radius 3 is 2.38 bits per heavy atom. The van der Waals surface area contributed by atoms with Crippen molar-refractivity contribution in [3.8, 4) is 5.75 Å². The number of phenols is 1. The summed E-state index contributed by atoms with van der Waals surface area (Å²) < 4.78 is 4.73. The number of benzene rings is 2. The van der Waals surface area contributed by atoms with Gasteiger partial charge < -0.3 is 15.2 Å². The van der Waals surface area contributed by atoms with Crippen LogP contribution in [0.5, 0.6) is 5.75 Å². The molecular formula is C17H15Cl2NO4. The van der Waals surface area contributed by atoms with Gasteiger partial charge in [0.2, 0.25) is 0 Å². The number of hydrogen-bond donors (Lipinski definition) is 2. The summed E-state index contributed by atoms with van der Waals surface area (Å²) in [6, 6.07) is 10.1. The van der Waals surface area contributed by atoms with E-state index in [0.717, 1.165) is 0 Å². The van der Waals surface area contributed by atoms with Gasteiger partial charge in [0, 0.05) is 6.42 Å². The van der Waals surface area contributed by atoms with Crippen LogP contribution in [0.15, 0.2) is 42.5 Å². The van der Waals surface area contributed by atoms with Crippen LogP contribution in [-0.2, 0) is 16.0 Å². The van der Waals surface area contributed by atoms with Gasteiger partial charge in [-0.25, -0.2) is 4.79 Å². The number of ether oxygens (including phenoxy) is 1. The lowest BCUT2D eigenvalue weighted by Gasteiger charge is -2.17. The maximum Gasteiger partial charge on any atom is 0.328 e. The van der Waals surface area contributed by atoms with Crippen molar-refractivity contribution in [1.29, 1.82) is 0 Å². The first-order valence-electron chi connectivity index (χ1n) is 7.03. The van der Waals surface area contributed by atoms with Crippen LogP contribution in [0.3, 0.4) is 0 Å². The lowest BCUT2D eigenvalue weighted by atomic mass is 10.0. The van der Waals surface area contributed by atoms with Crippen molar-refractivity contribution in [1.82, 2.24) is 5.32 Å². The highest BCUT2D eigenvalue weighted by Crippen LogP contribution is 2.24. The van der Waals surface area contributed by atoms with E-state index in [2.05, 4.69) is 5.32 Å². The van der Waals surface area contributed by atoms with Crippen LogP contribution in [0.1, 0.15) is 15.9 Å². The van der Waals surface area contributed by atoms with Gasteiger partial charge >= 0.3 is 5.97 Å². The minimum Gasteiger partial charge on any atom is -0.508 e. The van der Waals surface area contributed by atoms with Gasteiger partial charge in [-0.2, -0.15) is 0 Å². The molecule has 0 radical (unpaired) electrons. The molecule has 2 aromatic carbocycles. The van der Waals surface area contributed by atoms with E-state index in [1.165, 1.54) is 31.4 Å². The number of methoxy groups -OCH3 is 1. The topological polar surface area (TPSA) is 75.6 Å². The Hall–Kier alpha value is -2.24. The van der Waals surface area contributed by atoms with Gasteiger partial charge in [0.05, 0.1) is 22.7 Å². The highest BCUT2D eigenvalue weighted by Gasteiger charge is 2.25. The van der Waals surface area contributed by atoms with Crippen molar-refractivity contribution >= 4 is 35.1 Å². The molecule has 0 aromatic heterocycles. The minimum atomic E-state index is -0.948. The number of phenolic OH excluding ortho intramolecular Hbond substituents is 1. The maximum atomic E-state index is 12.4. The summed E-state index contributed by atoms with van der Waals surface area (Å²) in [6.45, 7) is 0. The third-order valence-electron chi connectivity index (χ3n) is 3.33. The number of rotatable bonds is 5. The minimum absolute atomic E-state index is 0.0663. The standard InChI is InChI=1S/C17H15Cl2NO4/c1-24-17(23)14(9-10-4-2-5-11(21)8-10)20-16(22)15-12(18)6-3-7-13(15)19/h2-8,14,21H,9H2,1H3,(H,20,22)/t14-/m0/s1. The third-order valence-corrected chi connectivity index (χ3v) is 3.96. The third kappa shape index (κ3) is 4.40. The highest BCUT2D eigenvalue weighted by molar-refractivity contribution is 6.39. The molecule has 2 N–H and O–H groups in total. The van der Waals surface area contributed by atoms with E-state index in [4.69, 9.17) is 27.9 Å². The first kappa shape index (κ1) is 18.1. The van der Waals surface area contributed by atoms with Crippen LogP contribution < -0.4 is 5.32 Å². The second kappa shape index (κ2) is 8.04. The predicted octanol–water partition coefficient (Wildman–Crippen LogP) is 3.21. The molecule has 0 unspecified atom stereocenters. The molecule has 5 nitrogen and oxygen atoms in total. The molecule has 1 amide bonds. The van der Waals surface area contributed by atoms with Crippen LogP contribution in [0.2, 0.25) is 10.0 Å². The summed E-state index contributed by atoms with van der Waals surface area (Å²) in [7, 11) is 1.23. The van der Waals surface area contributed by atoms with E-state index >= 15 is 0 Å². The number of esters is 1. The van der Waals surface area contributed by atoms with Gasteiger partial charge in [-0.15, -0.1) is 0 Å². The number of amides is 1. The number of nitrogens with one attached hydrogen (secondary N) is 1. The zero-order valence-corrected chi connectivity index (χ0v) is 14.3. The van der Waals surface area contributed by atoms with Crippen molar-refractivity contribution < 1.29 is 19.4 Å². The fraction of sp³-hybridized carbons (Fsp3) is 0.176.